The van der Waals surface area contributed by atoms with Gasteiger partial charge in [0.25, 0.3) is 0 Å². The van der Waals surface area contributed by atoms with Gasteiger partial charge in [-0.05, 0) is 36.8 Å². The Labute approximate surface area is 330 Å². The summed E-state index contributed by atoms with van der Waals surface area (Å²) in [5, 5.41) is 36.1. The van der Waals surface area contributed by atoms with Crippen molar-refractivity contribution in [1.29, 1.82) is 5.26 Å². The molecule has 0 bridgehead atoms. The molecular formula is C41H61N4O10P. The maximum absolute atomic E-state index is 13.0. The van der Waals surface area contributed by atoms with Crippen molar-refractivity contribution >= 4 is 25.0 Å². The fourth-order valence-electron chi connectivity index (χ4n) is 6.89. The number of hydrogen-bond acceptors (Lipinski definition) is 12. The molecule has 0 spiro atoms. The maximum Gasteiger partial charge on any atom is 0.472 e. The van der Waals surface area contributed by atoms with Crippen molar-refractivity contribution in [3.63, 3.8) is 0 Å². The highest BCUT2D eigenvalue weighted by Crippen LogP contribution is 2.46. The van der Waals surface area contributed by atoms with E-state index in [-0.39, 0.29) is 12.3 Å². The molecule has 1 fully saturated rings. The van der Waals surface area contributed by atoms with E-state index in [0.717, 1.165) is 19.3 Å². The van der Waals surface area contributed by atoms with Crippen LogP contribution in [-0.2, 0) is 33.4 Å². The number of fused-ring (bicyclic) bond motifs is 1. The van der Waals surface area contributed by atoms with Crippen LogP contribution in [0, 0.1) is 11.3 Å². The molecule has 3 heterocycles. The quantitative estimate of drug-likeness (QED) is 0.0321. The number of hydrogen-bond donors (Lipinski definition) is 4. The van der Waals surface area contributed by atoms with E-state index in [4.69, 9.17) is 29.0 Å². The molecule has 1 aromatic carbocycles. The summed E-state index contributed by atoms with van der Waals surface area (Å²) in [5.41, 5.74) is 5.12. The highest BCUT2D eigenvalue weighted by molar-refractivity contribution is 7.47. The molecule has 0 aliphatic carbocycles. The molecule has 15 heteroatoms. The second-order valence-electron chi connectivity index (χ2n) is 14.6. The number of phosphoric ester groups is 1. The molecule has 1 unspecified atom stereocenters. The number of nitrogen functional groups attached to an aromatic ring is 1. The predicted molar refractivity (Wildman–Crippen MR) is 212 cm³/mol. The topological polar surface area (TPSA) is 208 Å². The lowest BCUT2D eigenvalue weighted by atomic mass is 9.92. The second kappa shape index (κ2) is 23.8. The standard InChI is InChI=1S/C41H61N4O10P/c1-2-3-4-5-6-7-8-9-10-11-12-13-14-15-16-20-27-51-28-33(54-40(48)32-21-18-17-19-22-32)29-52-56(49,50)53-30-36-38(46)39(47)41(31-42,55-36)37-24-23-35-34(43)25-26-44-45(35)37/h17-19,21-26,33,36,38-39,46-47H,2-16,20,27-30,43H2,1H3,(H,49,50)/t33-,36-,38-,39-,41+/m1/s1. The Bertz CT molecular complexity index is 1690. The molecule has 1 aliphatic heterocycles. The Morgan fingerprint density at radius 1 is 0.911 bits per heavy atom. The SMILES string of the molecule is CCCCCCCCCCCCCCCCCCOC[C@H](COP(=O)(O)OC[C@H]1O[C@@](C#N)(c2ccc3c(N)ccnn23)[C@H](O)[C@@H]1O)OC(=O)c1ccccc1. The molecule has 2 aromatic heterocycles. The Kier molecular flexibility index (Phi) is 19.2. The second-order valence-corrected chi connectivity index (χ2v) is 16.0. The molecule has 1 saturated heterocycles. The van der Waals surface area contributed by atoms with Gasteiger partial charge in [-0.25, -0.2) is 13.9 Å². The summed E-state index contributed by atoms with van der Waals surface area (Å²) < 4.78 is 41.8. The molecular weight excluding hydrogens is 739 g/mol. The zero-order valence-corrected chi connectivity index (χ0v) is 33.6. The molecule has 3 aromatic rings. The van der Waals surface area contributed by atoms with Crippen molar-refractivity contribution in [2.24, 2.45) is 0 Å². The summed E-state index contributed by atoms with van der Waals surface area (Å²) in [4.78, 5) is 23.4. The van der Waals surface area contributed by atoms with Crippen LogP contribution in [0.2, 0.25) is 0 Å². The van der Waals surface area contributed by atoms with E-state index in [1.807, 2.05) is 6.07 Å². The van der Waals surface area contributed by atoms with Crippen molar-refractivity contribution in [3.8, 4) is 6.07 Å². The van der Waals surface area contributed by atoms with Gasteiger partial charge in [0.05, 0.1) is 42.3 Å². The van der Waals surface area contributed by atoms with Crippen LogP contribution in [0.15, 0.2) is 54.7 Å². The van der Waals surface area contributed by atoms with Crippen molar-refractivity contribution in [1.82, 2.24) is 9.61 Å². The predicted octanol–water partition coefficient (Wildman–Crippen LogP) is 7.39. The average molecular weight is 801 g/mol. The van der Waals surface area contributed by atoms with E-state index in [1.54, 1.807) is 42.5 Å². The zero-order chi connectivity index (χ0) is 40.2. The summed E-state index contributed by atoms with van der Waals surface area (Å²) in [6, 6.07) is 14.9. The van der Waals surface area contributed by atoms with Gasteiger partial charge >= 0.3 is 13.8 Å². The molecule has 56 heavy (non-hydrogen) atoms. The number of nitriles is 1. The Morgan fingerprint density at radius 3 is 2.12 bits per heavy atom. The fraction of sp³-hybridized carbons (Fsp3) is 0.634. The van der Waals surface area contributed by atoms with E-state index >= 15 is 0 Å². The molecule has 6 atom stereocenters. The first kappa shape index (κ1) is 45.3. The van der Waals surface area contributed by atoms with Gasteiger partial charge < -0.3 is 35.1 Å². The minimum absolute atomic E-state index is 0.0809. The minimum atomic E-state index is -4.83. The van der Waals surface area contributed by atoms with Gasteiger partial charge in [-0.1, -0.05) is 121 Å². The molecule has 4 rings (SSSR count). The van der Waals surface area contributed by atoms with E-state index in [2.05, 4.69) is 12.0 Å². The third-order valence-electron chi connectivity index (χ3n) is 10.1. The molecule has 310 valence electrons. The Morgan fingerprint density at radius 2 is 1.52 bits per heavy atom. The summed E-state index contributed by atoms with van der Waals surface area (Å²) in [5.74, 6) is -0.655. The highest BCUT2D eigenvalue weighted by Gasteiger charge is 2.58. The summed E-state index contributed by atoms with van der Waals surface area (Å²) in [6.45, 7) is 1.34. The van der Waals surface area contributed by atoms with Crippen molar-refractivity contribution in [2.75, 3.05) is 32.2 Å². The number of unbranched alkanes of at least 4 members (excludes halogenated alkanes) is 15. The molecule has 0 radical (unpaired) electrons. The van der Waals surface area contributed by atoms with Crippen molar-refractivity contribution in [2.45, 2.75) is 140 Å². The fourth-order valence-corrected chi connectivity index (χ4v) is 7.66. The number of benzene rings is 1. The van der Waals surface area contributed by atoms with E-state index in [0.29, 0.717) is 23.4 Å². The van der Waals surface area contributed by atoms with Gasteiger partial charge in [0.2, 0.25) is 5.60 Å². The summed E-state index contributed by atoms with van der Waals surface area (Å²) in [6.07, 6.45) is 15.6. The zero-order valence-electron chi connectivity index (χ0n) is 32.7. The number of phosphoric acid groups is 1. The first-order valence-electron chi connectivity index (χ1n) is 20.3. The van der Waals surface area contributed by atoms with E-state index in [9.17, 15) is 29.7 Å². The third kappa shape index (κ3) is 13.6. The highest BCUT2D eigenvalue weighted by atomic mass is 31.2. The number of aliphatic hydroxyl groups is 2. The lowest BCUT2D eigenvalue weighted by molar-refractivity contribution is -0.0659. The van der Waals surface area contributed by atoms with Crippen LogP contribution in [-0.4, -0.2) is 81.5 Å². The van der Waals surface area contributed by atoms with Gasteiger partial charge in [0, 0.05) is 12.8 Å². The average Bonchev–Trinajstić information content (AvgIpc) is 3.75. The molecule has 5 N–H and O–H groups in total. The number of aliphatic hydroxyl groups excluding tert-OH is 2. The van der Waals surface area contributed by atoms with E-state index in [1.165, 1.54) is 100 Å². The number of nitrogens with two attached hydrogens (primary N) is 1. The van der Waals surface area contributed by atoms with Gasteiger partial charge in [-0.2, -0.15) is 10.4 Å². The molecule has 14 nitrogen and oxygen atoms in total. The largest absolute Gasteiger partial charge is 0.472 e. The monoisotopic (exact) mass is 800 g/mol. The number of carbonyl (C=O) groups excluding carboxylic acids is 1. The van der Waals surface area contributed by atoms with Crippen LogP contribution in [0.1, 0.15) is 126 Å². The molecule has 0 amide bonds. The van der Waals surface area contributed by atoms with Crippen molar-refractivity contribution < 1.29 is 47.7 Å². The van der Waals surface area contributed by atoms with Crippen LogP contribution >= 0.6 is 7.82 Å². The number of anilines is 1. The van der Waals surface area contributed by atoms with Crippen LogP contribution < -0.4 is 5.73 Å². The smallest absolute Gasteiger partial charge is 0.454 e. The summed E-state index contributed by atoms with van der Waals surface area (Å²) >= 11 is 0. The van der Waals surface area contributed by atoms with Crippen LogP contribution in [0.4, 0.5) is 5.69 Å². The number of carbonyl (C=O) groups is 1. The third-order valence-corrected chi connectivity index (χ3v) is 11.1. The first-order valence-corrected chi connectivity index (χ1v) is 21.7. The summed E-state index contributed by atoms with van der Waals surface area (Å²) in [7, 11) is -4.83. The lowest BCUT2D eigenvalue weighted by Gasteiger charge is -2.24. The van der Waals surface area contributed by atoms with Gasteiger partial charge in [0.1, 0.15) is 30.5 Å². The van der Waals surface area contributed by atoms with Crippen molar-refractivity contribution in [3.05, 3.63) is 66.0 Å². The van der Waals surface area contributed by atoms with Crippen LogP contribution in [0.3, 0.4) is 0 Å². The van der Waals surface area contributed by atoms with Gasteiger partial charge in [-0.3, -0.25) is 9.05 Å². The van der Waals surface area contributed by atoms with Gasteiger partial charge in [-0.15, -0.1) is 0 Å². The van der Waals surface area contributed by atoms with Gasteiger partial charge in [0.15, 0.2) is 0 Å². The van der Waals surface area contributed by atoms with Crippen LogP contribution in [0.25, 0.3) is 5.52 Å². The van der Waals surface area contributed by atoms with Crippen LogP contribution in [0.5, 0.6) is 0 Å². The normalized spacial score (nSPS) is 21.2. The number of esters is 1. The number of ether oxygens (including phenoxy) is 3. The number of nitrogens with zero attached hydrogens (tertiary/aromatic N) is 3. The number of rotatable bonds is 28. The molecule has 0 saturated carbocycles. The first-order chi connectivity index (χ1) is 27.1. The molecule has 1 aliphatic rings. The Hall–Kier alpha value is -3.38. The van der Waals surface area contributed by atoms with E-state index < -0.39 is 57.0 Å². The lowest BCUT2D eigenvalue weighted by Crippen LogP contribution is -2.41. The Balaban J connectivity index is 1.18. The maximum atomic E-state index is 13.0. The minimum Gasteiger partial charge on any atom is -0.454 e. The number of aromatic nitrogens is 2.